The van der Waals surface area contributed by atoms with Gasteiger partial charge in [0.05, 0.1) is 16.6 Å². The molecule has 1 amide bonds. The molecule has 1 atom stereocenters. The number of amides is 1. The van der Waals surface area contributed by atoms with Gasteiger partial charge in [-0.1, -0.05) is 41.7 Å². The predicted molar refractivity (Wildman–Crippen MR) is 110 cm³/mol. The molecule has 0 spiro atoms. The minimum absolute atomic E-state index is 0.326. The highest BCUT2D eigenvalue weighted by atomic mass is 32.1. The second-order valence-electron chi connectivity index (χ2n) is 6.35. The average Bonchev–Trinajstić information content (AvgIpc) is 3.33. The fourth-order valence-electron chi connectivity index (χ4n) is 2.71. The quantitative estimate of drug-likeness (QED) is 0.490. The number of anilines is 1. The van der Waals surface area contributed by atoms with Crippen molar-refractivity contribution in [3.05, 3.63) is 59.1 Å². The van der Waals surface area contributed by atoms with Crippen LogP contribution in [0.3, 0.4) is 0 Å². The fourth-order valence-corrected chi connectivity index (χ4v) is 3.30. The Balaban J connectivity index is 1.47. The monoisotopic (exact) mass is 407 g/mol. The number of nitrogens with zero attached hydrogens (tertiary/aromatic N) is 3. The number of hydrogen-bond donors (Lipinski definition) is 2. The molecular formula is C20H17N5O3S. The normalized spacial score (nSPS) is 11.9. The molecule has 29 heavy (non-hydrogen) atoms. The standard InChI is InChI=1S/C20H17N5O3S/c1-11(18(26)23-20-25-24-12(2)29-20)28-19(27)14-8-9-15-16(10-14)22-17(21-15)13-6-4-3-5-7-13/h3-11H,1-2H3,(H,21,22)(H,23,25,26). The minimum Gasteiger partial charge on any atom is -0.449 e. The number of fused-ring (bicyclic) bond motifs is 1. The summed E-state index contributed by atoms with van der Waals surface area (Å²) in [5.74, 6) is -0.353. The van der Waals surface area contributed by atoms with E-state index in [1.54, 1.807) is 25.1 Å². The molecule has 1 unspecified atom stereocenters. The lowest BCUT2D eigenvalue weighted by molar-refractivity contribution is -0.123. The molecule has 2 aromatic carbocycles. The van der Waals surface area contributed by atoms with E-state index in [-0.39, 0.29) is 0 Å². The number of imidazole rings is 1. The van der Waals surface area contributed by atoms with E-state index < -0.39 is 18.0 Å². The SMILES string of the molecule is Cc1nnc(NC(=O)C(C)OC(=O)c2ccc3nc(-c4ccccc4)[nH]c3c2)s1. The summed E-state index contributed by atoms with van der Waals surface area (Å²) in [4.78, 5) is 32.4. The van der Waals surface area contributed by atoms with Crippen LogP contribution in [0.2, 0.25) is 0 Å². The zero-order valence-electron chi connectivity index (χ0n) is 15.7. The first-order valence-corrected chi connectivity index (χ1v) is 9.68. The Labute approximate surface area is 170 Å². The Hall–Kier alpha value is -3.59. The minimum atomic E-state index is -0.982. The first kappa shape index (κ1) is 18.8. The topological polar surface area (TPSA) is 110 Å². The van der Waals surface area contributed by atoms with Gasteiger partial charge in [-0.2, -0.15) is 0 Å². The van der Waals surface area contributed by atoms with Gasteiger partial charge in [-0.3, -0.25) is 10.1 Å². The fraction of sp³-hybridized carbons (Fsp3) is 0.150. The molecular weight excluding hydrogens is 390 g/mol. The summed E-state index contributed by atoms with van der Waals surface area (Å²) in [6.45, 7) is 3.29. The van der Waals surface area contributed by atoms with Gasteiger partial charge in [-0.25, -0.2) is 9.78 Å². The third-order valence-electron chi connectivity index (χ3n) is 4.17. The zero-order valence-corrected chi connectivity index (χ0v) is 16.5. The molecule has 0 aliphatic carbocycles. The molecule has 9 heteroatoms. The molecule has 4 rings (SSSR count). The lowest BCUT2D eigenvalue weighted by Crippen LogP contribution is -2.30. The maximum atomic E-state index is 12.5. The lowest BCUT2D eigenvalue weighted by atomic mass is 10.2. The van der Waals surface area contributed by atoms with E-state index in [2.05, 4.69) is 25.5 Å². The lowest BCUT2D eigenvalue weighted by Gasteiger charge is -2.12. The number of benzene rings is 2. The summed E-state index contributed by atoms with van der Waals surface area (Å²) in [6.07, 6.45) is -0.982. The summed E-state index contributed by atoms with van der Waals surface area (Å²) >= 11 is 1.24. The van der Waals surface area contributed by atoms with Crippen LogP contribution >= 0.6 is 11.3 Å². The molecule has 2 aromatic heterocycles. The molecule has 0 aliphatic rings. The second-order valence-corrected chi connectivity index (χ2v) is 7.53. The van der Waals surface area contributed by atoms with Crippen LogP contribution in [0.5, 0.6) is 0 Å². The first-order chi connectivity index (χ1) is 14.0. The highest BCUT2D eigenvalue weighted by Crippen LogP contribution is 2.21. The Bertz CT molecular complexity index is 1190. The smallest absolute Gasteiger partial charge is 0.338 e. The van der Waals surface area contributed by atoms with Gasteiger partial charge in [-0.15, -0.1) is 10.2 Å². The van der Waals surface area contributed by atoms with Crippen LogP contribution in [0, 0.1) is 6.92 Å². The number of carbonyl (C=O) groups excluding carboxylic acids is 2. The van der Waals surface area contributed by atoms with Crippen LogP contribution in [0.4, 0.5) is 5.13 Å². The van der Waals surface area contributed by atoms with Crippen LogP contribution < -0.4 is 5.32 Å². The highest BCUT2D eigenvalue weighted by molar-refractivity contribution is 7.15. The molecule has 4 aromatic rings. The van der Waals surface area contributed by atoms with Crippen LogP contribution in [-0.2, 0) is 9.53 Å². The third-order valence-corrected chi connectivity index (χ3v) is 4.93. The number of rotatable bonds is 5. The second kappa shape index (κ2) is 7.80. The maximum Gasteiger partial charge on any atom is 0.338 e. The van der Waals surface area contributed by atoms with Crippen molar-refractivity contribution in [3.63, 3.8) is 0 Å². The largest absolute Gasteiger partial charge is 0.449 e. The Morgan fingerprint density at radius 1 is 1.14 bits per heavy atom. The van der Waals surface area contributed by atoms with Crippen molar-refractivity contribution in [2.75, 3.05) is 5.32 Å². The zero-order chi connectivity index (χ0) is 20.4. The van der Waals surface area contributed by atoms with Gasteiger partial charge in [0.1, 0.15) is 10.8 Å². The number of H-pyrrole nitrogens is 1. The van der Waals surface area contributed by atoms with Gasteiger partial charge in [0.2, 0.25) is 5.13 Å². The molecule has 8 nitrogen and oxygen atoms in total. The van der Waals surface area contributed by atoms with Gasteiger partial charge >= 0.3 is 5.97 Å². The molecule has 0 aliphatic heterocycles. The van der Waals surface area contributed by atoms with Crippen LogP contribution in [0.25, 0.3) is 22.4 Å². The van der Waals surface area contributed by atoms with Gasteiger partial charge < -0.3 is 9.72 Å². The Kier molecular flexibility index (Phi) is 5.05. The first-order valence-electron chi connectivity index (χ1n) is 8.87. The van der Waals surface area contributed by atoms with Crippen molar-refractivity contribution in [2.45, 2.75) is 20.0 Å². The van der Waals surface area contributed by atoms with E-state index in [9.17, 15) is 9.59 Å². The van der Waals surface area contributed by atoms with Crippen molar-refractivity contribution < 1.29 is 14.3 Å². The van der Waals surface area contributed by atoms with E-state index in [1.165, 1.54) is 18.3 Å². The van der Waals surface area contributed by atoms with E-state index in [4.69, 9.17) is 4.74 Å². The Morgan fingerprint density at radius 2 is 1.93 bits per heavy atom. The summed E-state index contributed by atoms with van der Waals surface area (Å²) in [5.41, 5.74) is 2.72. The molecule has 146 valence electrons. The summed E-state index contributed by atoms with van der Waals surface area (Å²) in [7, 11) is 0. The molecule has 2 heterocycles. The van der Waals surface area contributed by atoms with Crippen LogP contribution in [0.15, 0.2) is 48.5 Å². The molecule has 0 bridgehead atoms. The third kappa shape index (κ3) is 4.14. The summed E-state index contributed by atoms with van der Waals surface area (Å²) in [5, 5.41) is 11.3. The molecule has 2 N–H and O–H groups in total. The van der Waals surface area contributed by atoms with Crippen molar-refractivity contribution in [3.8, 4) is 11.4 Å². The number of aromatic nitrogens is 4. The van der Waals surface area contributed by atoms with Crippen molar-refractivity contribution >= 4 is 39.4 Å². The molecule has 0 radical (unpaired) electrons. The predicted octanol–water partition coefficient (Wildman–Crippen LogP) is 3.57. The van der Waals surface area contributed by atoms with Crippen LogP contribution in [0.1, 0.15) is 22.3 Å². The number of hydrogen-bond acceptors (Lipinski definition) is 7. The number of carbonyl (C=O) groups is 2. The van der Waals surface area contributed by atoms with Gasteiger partial charge in [0, 0.05) is 5.56 Å². The van der Waals surface area contributed by atoms with Crippen molar-refractivity contribution in [1.29, 1.82) is 0 Å². The van der Waals surface area contributed by atoms with Gasteiger partial charge in [-0.05, 0) is 32.0 Å². The number of ether oxygens (including phenoxy) is 1. The number of aromatic amines is 1. The molecule has 0 fully saturated rings. The maximum absolute atomic E-state index is 12.5. The van der Waals surface area contributed by atoms with E-state index in [1.807, 2.05) is 30.3 Å². The van der Waals surface area contributed by atoms with Crippen LogP contribution in [-0.4, -0.2) is 38.1 Å². The molecule has 0 saturated heterocycles. The van der Waals surface area contributed by atoms with E-state index in [0.717, 1.165) is 16.1 Å². The van der Waals surface area contributed by atoms with Gasteiger partial charge in [0.15, 0.2) is 6.10 Å². The Morgan fingerprint density at radius 3 is 2.66 bits per heavy atom. The average molecular weight is 407 g/mol. The van der Waals surface area contributed by atoms with E-state index >= 15 is 0 Å². The number of nitrogens with one attached hydrogen (secondary N) is 2. The van der Waals surface area contributed by atoms with Crippen molar-refractivity contribution in [2.24, 2.45) is 0 Å². The molecule has 0 saturated carbocycles. The van der Waals surface area contributed by atoms with Gasteiger partial charge in [0.25, 0.3) is 5.91 Å². The van der Waals surface area contributed by atoms with Crippen molar-refractivity contribution in [1.82, 2.24) is 20.2 Å². The summed E-state index contributed by atoms with van der Waals surface area (Å²) < 4.78 is 5.29. The number of aryl methyl sites for hydroxylation is 1. The van der Waals surface area contributed by atoms with E-state index in [0.29, 0.717) is 22.0 Å². The number of esters is 1. The highest BCUT2D eigenvalue weighted by Gasteiger charge is 2.20. The summed E-state index contributed by atoms with van der Waals surface area (Å²) in [6, 6.07) is 14.7.